The Kier molecular flexibility index (Phi) is 3.97. The van der Waals surface area contributed by atoms with Gasteiger partial charge in [-0.25, -0.2) is 0 Å². The summed E-state index contributed by atoms with van der Waals surface area (Å²) in [7, 11) is 0. The SMILES string of the molecule is Cc1cc(Br)cc(C(N)Cc2ccccc2)c1. The standard InChI is InChI=1S/C15H16BrN/c1-11-7-13(10-14(16)8-11)15(17)9-12-5-3-2-4-6-12/h2-8,10,15H,9,17H2,1H3. The maximum Gasteiger partial charge on any atom is 0.0336 e. The quantitative estimate of drug-likeness (QED) is 0.908. The molecule has 1 unspecified atom stereocenters. The molecule has 0 saturated carbocycles. The van der Waals surface area contributed by atoms with Crippen LogP contribution in [0.3, 0.4) is 0 Å². The zero-order valence-corrected chi connectivity index (χ0v) is 11.4. The van der Waals surface area contributed by atoms with Crippen molar-refractivity contribution in [1.82, 2.24) is 0 Å². The topological polar surface area (TPSA) is 26.0 Å². The highest BCUT2D eigenvalue weighted by Gasteiger charge is 2.08. The Labute approximate surface area is 111 Å². The molecule has 0 amide bonds. The van der Waals surface area contributed by atoms with E-state index in [0.717, 1.165) is 10.9 Å². The number of halogens is 1. The second kappa shape index (κ2) is 5.48. The summed E-state index contributed by atoms with van der Waals surface area (Å²) in [6, 6.07) is 16.8. The molecule has 2 aromatic carbocycles. The van der Waals surface area contributed by atoms with Gasteiger partial charge in [0.2, 0.25) is 0 Å². The summed E-state index contributed by atoms with van der Waals surface area (Å²) in [6.07, 6.45) is 0.872. The molecule has 0 heterocycles. The van der Waals surface area contributed by atoms with Crippen molar-refractivity contribution < 1.29 is 0 Å². The molecule has 2 heteroatoms. The van der Waals surface area contributed by atoms with E-state index in [1.807, 2.05) is 18.2 Å². The molecule has 2 aromatic rings. The van der Waals surface area contributed by atoms with E-state index in [-0.39, 0.29) is 6.04 Å². The molecule has 1 atom stereocenters. The van der Waals surface area contributed by atoms with E-state index in [1.165, 1.54) is 16.7 Å². The molecule has 0 bridgehead atoms. The van der Waals surface area contributed by atoms with Gasteiger partial charge in [0.1, 0.15) is 0 Å². The van der Waals surface area contributed by atoms with Gasteiger partial charge in [-0.1, -0.05) is 52.3 Å². The third-order valence-electron chi connectivity index (χ3n) is 2.79. The summed E-state index contributed by atoms with van der Waals surface area (Å²) in [6.45, 7) is 2.09. The van der Waals surface area contributed by atoms with E-state index in [9.17, 15) is 0 Å². The monoisotopic (exact) mass is 289 g/mol. The van der Waals surface area contributed by atoms with Gasteiger partial charge < -0.3 is 5.73 Å². The van der Waals surface area contributed by atoms with Crippen molar-refractivity contribution in [3.63, 3.8) is 0 Å². The van der Waals surface area contributed by atoms with Crippen LogP contribution < -0.4 is 5.73 Å². The van der Waals surface area contributed by atoms with Gasteiger partial charge in [0.05, 0.1) is 0 Å². The van der Waals surface area contributed by atoms with Crippen LogP contribution in [0, 0.1) is 6.92 Å². The Morgan fingerprint density at radius 2 is 1.82 bits per heavy atom. The van der Waals surface area contributed by atoms with Gasteiger partial charge in [-0.15, -0.1) is 0 Å². The largest absolute Gasteiger partial charge is 0.324 e. The minimum Gasteiger partial charge on any atom is -0.324 e. The van der Waals surface area contributed by atoms with Crippen molar-refractivity contribution >= 4 is 15.9 Å². The maximum absolute atomic E-state index is 6.24. The van der Waals surface area contributed by atoms with Gasteiger partial charge in [-0.2, -0.15) is 0 Å². The summed E-state index contributed by atoms with van der Waals surface area (Å²) in [4.78, 5) is 0. The molecule has 0 aliphatic heterocycles. The fourth-order valence-electron chi connectivity index (χ4n) is 1.96. The van der Waals surface area contributed by atoms with Crippen LogP contribution in [-0.4, -0.2) is 0 Å². The van der Waals surface area contributed by atoms with Gasteiger partial charge in [-0.05, 0) is 42.2 Å². The van der Waals surface area contributed by atoms with Crippen molar-refractivity contribution in [3.05, 3.63) is 69.7 Å². The Morgan fingerprint density at radius 3 is 2.47 bits per heavy atom. The Balaban J connectivity index is 2.17. The molecular weight excluding hydrogens is 274 g/mol. The highest BCUT2D eigenvalue weighted by atomic mass is 79.9. The predicted octanol–water partition coefficient (Wildman–Crippen LogP) is 4.00. The zero-order valence-electron chi connectivity index (χ0n) is 9.86. The lowest BCUT2D eigenvalue weighted by atomic mass is 9.98. The van der Waals surface area contributed by atoms with Crippen LogP contribution in [0.25, 0.3) is 0 Å². The normalized spacial score (nSPS) is 12.4. The van der Waals surface area contributed by atoms with Gasteiger partial charge >= 0.3 is 0 Å². The minimum absolute atomic E-state index is 0.0496. The van der Waals surface area contributed by atoms with Crippen molar-refractivity contribution in [3.8, 4) is 0 Å². The van der Waals surface area contributed by atoms with Crippen LogP contribution in [0.1, 0.15) is 22.7 Å². The lowest BCUT2D eigenvalue weighted by molar-refractivity contribution is 0.720. The van der Waals surface area contributed by atoms with E-state index in [0.29, 0.717) is 0 Å². The van der Waals surface area contributed by atoms with Crippen LogP contribution in [-0.2, 0) is 6.42 Å². The van der Waals surface area contributed by atoms with E-state index in [4.69, 9.17) is 5.73 Å². The van der Waals surface area contributed by atoms with Gasteiger partial charge in [-0.3, -0.25) is 0 Å². The van der Waals surface area contributed by atoms with Crippen molar-refractivity contribution in [2.75, 3.05) is 0 Å². The Morgan fingerprint density at radius 1 is 1.12 bits per heavy atom. The molecule has 2 N–H and O–H groups in total. The first-order valence-electron chi connectivity index (χ1n) is 5.72. The molecular formula is C15H16BrN. The van der Waals surface area contributed by atoms with Crippen molar-refractivity contribution in [1.29, 1.82) is 0 Å². The Hall–Kier alpha value is -1.12. The summed E-state index contributed by atoms with van der Waals surface area (Å²) < 4.78 is 1.09. The average molecular weight is 290 g/mol. The molecule has 1 nitrogen and oxygen atoms in total. The van der Waals surface area contributed by atoms with Gasteiger partial charge in [0.25, 0.3) is 0 Å². The summed E-state index contributed by atoms with van der Waals surface area (Å²) in [5.41, 5.74) is 9.93. The summed E-state index contributed by atoms with van der Waals surface area (Å²) >= 11 is 3.51. The molecule has 0 spiro atoms. The highest BCUT2D eigenvalue weighted by Crippen LogP contribution is 2.21. The van der Waals surface area contributed by atoms with Crippen molar-refractivity contribution in [2.24, 2.45) is 5.73 Å². The van der Waals surface area contributed by atoms with Crippen LogP contribution in [0.4, 0.5) is 0 Å². The molecule has 0 aromatic heterocycles. The van der Waals surface area contributed by atoms with Gasteiger partial charge in [0, 0.05) is 10.5 Å². The average Bonchev–Trinajstić information content (AvgIpc) is 2.29. The summed E-state index contributed by atoms with van der Waals surface area (Å²) in [5.74, 6) is 0. The van der Waals surface area contributed by atoms with Crippen LogP contribution in [0.5, 0.6) is 0 Å². The lowest BCUT2D eigenvalue weighted by Gasteiger charge is -2.13. The highest BCUT2D eigenvalue weighted by molar-refractivity contribution is 9.10. The number of rotatable bonds is 3. The number of aryl methyl sites for hydroxylation is 1. The molecule has 0 aliphatic rings. The fraction of sp³-hybridized carbons (Fsp3) is 0.200. The van der Waals surface area contributed by atoms with Crippen LogP contribution in [0.2, 0.25) is 0 Å². The number of benzene rings is 2. The molecule has 17 heavy (non-hydrogen) atoms. The number of hydrogen-bond donors (Lipinski definition) is 1. The van der Waals surface area contributed by atoms with E-state index < -0.39 is 0 Å². The number of nitrogens with two attached hydrogens (primary N) is 1. The second-order valence-corrected chi connectivity index (χ2v) is 5.27. The molecule has 0 saturated heterocycles. The van der Waals surface area contributed by atoms with E-state index in [1.54, 1.807) is 0 Å². The summed E-state index contributed by atoms with van der Waals surface area (Å²) in [5, 5.41) is 0. The first kappa shape index (κ1) is 12.3. The Bertz CT molecular complexity index is 473. The fourth-order valence-corrected chi connectivity index (χ4v) is 2.59. The molecule has 0 aliphatic carbocycles. The molecule has 88 valence electrons. The first-order chi connectivity index (χ1) is 8.15. The third kappa shape index (κ3) is 3.42. The van der Waals surface area contributed by atoms with Crippen LogP contribution >= 0.6 is 15.9 Å². The van der Waals surface area contributed by atoms with Gasteiger partial charge in [0.15, 0.2) is 0 Å². The van der Waals surface area contributed by atoms with Crippen LogP contribution in [0.15, 0.2) is 53.0 Å². The zero-order chi connectivity index (χ0) is 12.3. The molecule has 0 fully saturated rings. The van der Waals surface area contributed by atoms with Crippen molar-refractivity contribution in [2.45, 2.75) is 19.4 Å². The second-order valence-electron chi connectivity index (χ2n) is 4.36. The molecule has 0 radical (unpaired) electrons. The maximum atomic E-state index is 6.24. The number of hydrogen-bond acceptors (Lipinski definition) is 1. The predicted molar refractivity (Wildman–Crippen MR) is 76.0 cm³/mol. The third-order valence-corrected chi connectivity index (χ3v) is 3.25. The first-order valence-corrected chi connectivity index (χ1v) is 6.51. The lowest BCUT2D eigenvalue weighted by Crippen LogP contribution is -2.13. The molecule has 2 rings (SSSR count). The smallest absolute Gasteiger partial charge is 0.0336 e. The van der Waals surface area contributed by atoms with E-state index >= 15 is 0 Å². The minimum atomic E-state index is 0.0496. The van der Waals surface area contributed by atoms with E-state index in [2.05, 4.69) is 53.2 Å².